The van der Waals surface area contributed by atoms with Crippen molar-refractivity contribution in [1.29, 1.82) is 0 Å². The lowest BCUT2D eigenvalue weighted by Crippen LogP contribution is -1.93. The molecule has 0 fully saturated rings. The number of imidazole rings is 1. The monoisotopic (exact) mass is 162 g/mol. The average Bonchev–Trinajstić information content (AvgIpc) is 2.46. The normalized spacial score (nSPS) is 10.8. The van der Waals surface area contributed by atoms with Crippen molar-refractivity contribution in [2.75, 3.05) is 0 Å². The fourth-order valence-electron chi connectivity index (χ4n) is 1.27. The van der Waals surface area contributed by atoms with Crippen LogP contribution in [0, 0.1) is 6.92 Å². The summed E-state index contributed by atoms with van der Waals surface area (Å²) in [5.41, 5.74) is 2.18. The van der Waals surface area contributed by atoms with Gasteiger partial charge in [0.05, 0.1) is 11.7 Å². The van der Waals surface area contributed by atoms with E-state index < -0.39 is 0 Å². The first-order valence-corrected chi connectivity index (χ1v) is 3.85. The molecule has 62 valence electrons. The Kier molecular flexibility index (Phi) is 1.59. The Balaban J connectivity index is 2.75. The maximum atomic E-state index is 8.93. The van der Waals surface area contributed by atoms with Gasteiger partial charge in [-0.15, -0.1) is 0 Å². The number of nitrogens with zero attached hydrogens (tertiary/aromatic N) is 2. The molecule has 0 aliphatic rings. The third-order valence-electron chi connectivity index (χ3n) is 1.89. The minimum Gasteiger partial charge on any atom is -0.388 e. The van der Waals surface area contributed by atoms with Crippen LogP contribution in [0.25, 0.3) is 5.52 Å². The second kappa shape index (κ2) is 2.60. The van der Waals surface area contributed by atoms with Gasteiger partial charge in [0.2, 0.25) is 0 Å². The van der Waals surface area contributed by atoms with Crippen LogP contribution >= 0.6 is 0 Å². The first kappa shape index (κ1) is 7.31. The van der Waals surface area contributed by atoms with Crippen LogP contribution < -0.4 is 0 Å². The molecule has 2 heterocycles. The summed E-state index contributed by atoms with van der Waals surface area (Å²) >= 11 is 0. The lowest BCUT2D eigenvalue weighted by atomic mass is 10.3. The molecule has 0 spiro atoms. The Morgan fingerprint density at radius 1 is 1.50 bits per heavy atom. The molecule has 0 atom stereocenters. The highest BCUT2D eigenvalue weighted by atomic mass is 16.3. The number of aromatic nitrogens is 2. The number of hydrogen-bond acceptors (Lipinski definition) is 2. The maximum Gasteiger partial charge on any atom is 0.139 e. The lowest BCUT2D eigenvalue weighted by Gasteiger charge is -1.98. The molecule has 2 aromatic heterocycles. The van der Waals surface area contributed by atoms with Crippen LogP contribution in [0.2, 0.25) is 0 Å². The van der Waals surface area contributed by atoms with Crippen LogP contribution in [-0.2, 0) is 6.61 Å². The standard InChI is InChI=1S/C9H10N2O/c1-7-2-3-8-4-10-9(6-12)11(8)5-7/h2-5,12H,6H2,1H3. The van der Waals surface area contributed by atoms with E-state index in [4.69, 9.17) is 5.11 Å². The lowest BCUT2D eigenvalue weighted by molar-refractivity contribution is 0.270. The number of aliphatic hydroxyl groups excluding tert-OH is 1. The molecule has 2 aromatic rings. The maximum absolute atomic E-state index is 8.93. The molecule has 0 saturated heterocycles. The average molecular weight is 162 g/mol. The van der Waals surface area contributed by atoms with Crippen molar-refractivity contribution in [3.05, 3.63) is 35.9 Å². The molecule has 0 radical (unpaired) electrons. The van der Waals surface area contributed by atoms with Gasteiger partial charge in [-0.3, -0.25) is 0 Å². The van der Waals surface area contributed by atoms with E-state index in [1.807, 2.05) is 29.7 Å². The van der Waals surface area contributed by atoms with Gasteiger partial charge in [-0.2, -0.15) is 0 Å². The van der Waals surface area contributed by atoms with E-state index in [2.05, 4.69) is 4.98 Å². The predicted octanol–water partition coefficient (Wildman–Crippen LogP) is 1.14. The van der Waals surface area contributed by atoms with Crippen LogP contribution in [0.4, 0.5) is 0 Å². The molecule has 0 amide bonds. The summed E-state index contributed by atoms with van der Waals surface area (Å²) in [6.45, 7) is 2.00. The highest BCUT2D eigenvalue weighted by molar-refractivity contribution is 5.46. The number of aliphatic hydroxyl groups is 1. The Morgan fingerprint density at radius 2 is 2.33 bits per heavy atom. The summed E-state index contributed by atoms with van der Waals surface area (Å²) in [5.74, 6) is 0.689. The van der Waals surface area contributed by atoms with Gasteiger partial charge in [0.15, 0.2) is 0 Å². The highest BCUT2D eigenvalue weighted by Crippen LogP contribution is 2.08. The fraction of sp³-hybridized carbons (Fsp3) is 0.222. The zero-order chi connectivity index (χ0) is 8.55. The summed E-state index contributed by atoms with van der Waals surface area (Å²) < 4.78 is 1.90. The van der Waals surface area contributed by atoms with Gasteiger partial charge in [-0.25, -0.2) is 4.98 Å². The van der Waals surface area contributed by atoms with E-state index >= 15 is 0 Å². The van der Waals surface area contributed by atoms with E-state index in [0.29, 0.717) is 5.82 Å². The van der Waals surface area contributed by atoms with E-state index in [9.17, 15) is 0 Å². The van der Waals surface area contributed by atoms with Crippen LogP contribution in [0.15, 0.2) is 24.5 Å². The second-order valence-electron chi connectivity index (χ2n) is 2.83. The van der Waals surface area contributed by atoms with Crippen molar-refractivity contribution in [2.45, 2.75) is 13.5 Å². The molecule has 0 aromatic carbocycles. The molecule has 0 aliphatic carbocycles. The largest absolute Gasteiger partial charge is 0.388 e. The van der Waals surface area contributed by atoms with Crippen molar-refractivity contribution < 1.29 is 5.11 Å². The molecule has 0 bridgehead atoms. The minimum absolute atomic E-state index is 0.0163. The van der Waals surface area contributed by atoms with Crippen molar-refractivity contribution in [1.82, 2.24) is 9.38 Å². The molecule has 3 nitrogen and oxygen atoms in total. The number of aryl methyl sites for hydroxylation is 1. The van der Waals surface area contributed by atoms with E-state index in [1.54, 1.807) is 6.20 Å². The number of pyridine rings is 1. The van der Waals surface area contributed by atoms with Gasteiger partial charge in [-0.05, 0) is 18.6 Å². The Morgan fingerprint density at radius 3 is 3.08 bits per heavy atom. The fourth-order valence-corrected chi connectivity index (χ4v) is 1.27. The zero-order valence-corrected chi connectivity index (χ0v) is 6.86. The SMILES string of the molecule is Cc1ccc2cnc(CO)n2c1. The van der Waals surface area contributed by atoms with E-state index in [1.165, 1.54) is 0 Å². The molecule has 1 N–H and O–H groups in total. The molecule has 3 heteroatoms. The second-order valence-corrected chi connectivity index (χ2v) is 2.83. The first-order chi connectivity index (χ1) is 5.81. The van der Waals surface area contributed by atoms with Gasteiger partial charge in [0, 0.05) is 6.20 Å². The number of fused-ring (bicyclic) bond motifs is 1. The first-order valence-electron chi connectivity index (χ1n) is 3.85. The topological polar surface area (TPSA) is 37.5 Å². The molecule has 0 saturated carbocycles. The predicted molar refractivity (Wildman–Crippen MR) is 45.9 cm³/mol. The minimum atomic E-state index is -0.0163. The van der Waals surface area contributed by atoms with Crippen LogP contribution in [0.1, 0.15) is 11.4 Å². The number of rotatable bonds is 1. The van der Waals surface area contributed by atoms with E-state index in [-0.39, 0.29) is 6.61 Å². The third kappa shape index (κ3) is 0.987. The quantitative estimate of drug-likeness (QED) is 0.682. The van der Waals surface area contributed by atoms with Crippen LogP contribution in [0.5, 0.6) is 0 Å². The summed E-state index contributed by atoms with van der Waals surface area (Å²) in [6, 6.07) is 4.01. The summed E-state index contributed by atoms with van der Waals surface area (Å²) in [7, 11) is 0. The smallest absolute Gasteiger partial charge is 0.139 e. The van der Waals surface area contributed by atoms with Gasteiger partial charge in [0.25, 0.3) is 0 Å². The molecule has 2 rings (SSSR count). The Labute approximate surface area is 70.3 Å². The van der Waals surface area contributed by atoms with Crippen molar-refractivity contribution in [3.8, 4) is 0 Å². The number of hydrogen-bond donors (Lipinski definition) is 1. The van der Waals surface area contributed by atoms with Gasteiger partial charge < -0.3 is 9.51 Å². The molecule has 0 unspecified atom stereocenters. The molecule has 12 heavy (non-hydrogen) atoms. The Bertz CT molecular complexity index is 406. The van der Waals surface area contributed by atoms with E-state index in [0.717, 1.165) is 11.1 Å². The van der Waals surface area contributed by atoms with Crippen molar-refractivity contribution in [3.63, 3.8) is 0 Å². The summed E-state index contributed by atoms with van der Waals surface area (Å²) in [5, 5.41) is 8.93. The van der Waals surface area contributed by atoms with Crippen LogP contribution in [-0.4, -0.2) is 14.5 Å². The van der Waals surface area contributed by atoms with Crippen molar-refractivity contribution in [2.24, 2.45) is 0 Å². The zero-order valence-electron chi connectivity index (χ0n) is 6.86. The molecule has 0 aliphatic heterocycles. The van der Waals surface area contributed by atoms with Gasteiger partial charge in [-0.1, -0.05) is 6.07 Å². The highest BCUT2D eigenvalue weighted by Gasteiger charge is 2.00. The molecular weight excluding hydrogens is 152 g/mol. The van der Waals surface area contributed by atoms with Gasteiger partial charge in [0.1, 0.15) is 12.4 Å². The molecular formula is C9H10N2O. The Hall–Kier alpha value is -1.35. The summed E-state index contributed by atoms with van der Waals surface area (Å²) in [6.07, 6.45) is 3.72. The van der Waals surface area contributed by atoms with Crippen molar-refractivity contribution >= 4 is 5.52 Å². The van der Waals surface area contributed by atoms with Gasteiger partial charge >= 0.3 is 0 Å². The van der Waals surface area contributed by atoms with Crippen LogP contribution in [0.3, 0.4) is 0 Å². The third-order valence-corrected chi connectivity index (χ3v) is 1.89. The summed E-state index contributed by atoms with van der Waals surface area (Å²) in [4.78, 5) is 4.07.